The van der Waals surface area contributed by atoms with Crippen molar-refractivity contribution in [1.82, 2.24) is 5.32 Å². The van der Waals surface area contributed by atoms with E-state index in [-0.39, 0.29) is 12.3 Å². The number of likely N-dealkylation sites (N-methyl/N-ethyl adjacent to an activating group) is 1. The predicted octanol–water partition coefficient (Wildman–Crippen LogP) is 1.11. The molecule has 0 aliphatic carbocycles. The van der Waals surface area contributed by atoms with Crippen LogP contribution in [-0.2, 0) is 19.0 Å². The second kappa shape index (κ2) is 7.19. The summed E-state index contributed by atoms with van der Waals surface area (Å²) in [7, 11) is 1.45. The van der Waals surface area contributed by atoms with Crippen molar-refractivity contribution >= 4 is 11.9 Å². The summed E-state index contributed by atoms with van der Waals surface area (Å²) in [5.74, 6) is -0.680. The Kier molecular flexibility index (Phi) is 5.30. The van der Waals surface area contributed by atoms with Gasteiger partial charge in [-0.2, -0.15) is 0 Å². The zero-order chi connectivity index (χ0) is 15.2. The highest BCUT2D eigenvalue weighted by molar-refractivity contribution is 5.89. The molecule has 1 aliphatic heterocycles. The van der Waals surface area contributed by atoms with Crippen LogP contribution in [0.4, 0.5) is 0 Å². The molecular weight excluding hydrogens is 274 g/mol. The van der Waals surface area contributed by atoms with Gasteiger partial charge in [0.15, 0.2) is 12.4 Å². The fourth-order valence-corrected chi connectivity index (χ4v) is 2.17. The Morgan fingerprint density at radius 2 is 2.05 bits per heavy atom. The molecule has 1 fully saturated rings. The van der Waals surface area contributed by atoms with Crippen LogP contribution in [0.5, 0.6) is 0 Å². The number of hydrogen-bond acceptors (Lipinski definition) is 5. The molecule has 0 aromatic heterocycles. The van der Waals surface area contributed by atoms with Gasteiger partial charge in [-0.15, -0.1) is 0 Å². The molecule has 1 aromatic carbocycles. The zero-order valence-electron chi connectivity index (χ0n) is 12.1. The van der Waals surface area contributed by atoms with Gasteiger partial charge < -0.3 is 19.5 Å². The minimum atomic E-state index is -0.731. The van der Waals surface area contributed by atoms with Gasteiger partial charge in [0.2, 0.25) is 5.91 Å². The van der Waals surface area contributed by atoms with Crippen LogP contribution in [0.3, 0.4) is 0 Å². The summed E-state index contributed by atoms with van der Waals surface area (Å²) in [5.41, 5.74) is 0.453. The number of carbonyl (C=O) groups excluding carboxylic acids is 2. The minimum Gasteiger partial charge on any atom is -0.453 e. The largest absolute Gasteiger partial charge is 0.453 e. The molecule has 1 N–H and O–H groups in total. The smallest absolute Gasteiger partial charge is 0.338 e. The zero-order valence-corrected chi connectivity index (χ0v) is 12.1. The van der Waals surface area contributed by atoms with Crippen LogP contribution in [0.15, 0.2) is 30.3 Å². The van der Waals surface area contributed by atoms with Gasteiger partial charge >= 0.3 is 5.97 Å². The van der Waals surface area contributed by atoms with Crippen molar-refractivity contribution in [2.75, 3.05) is 13.7 Å². The Balaban J connectivity index is 1.99. The summed E-state index contributed by atoms with van der Waals surface area (Å²) in [6.07, 6.45) is -1.72. The monoisotopic (exact) mass is 293 g/mol. The number of rotatable bonds is 5. The van der Waals surface area contributed by atoms with Crippen LogP contribution in [0, 0.1) is 0 Å². The lowest BCUT2D eigenvalue weighted by atomic mass is 10.2. The van der Waals surface area contributed by atoms with Crippen molar-refractivity contribution in [1.29, 1.82) is 0 Å². The highest BCUT2D eigenvalue weighted by Gasteiger charge is 2.41. The van der Waals surface area contributed by atoms with Crippen molar-refractivity contribution in [2.24, 2.45) is 0 Å². The lowest BCUT2D eigenvalue weighted by Gasteiger charge is -2.17. The number of hydrogen-bond donors (Lipinski definition) is 1. The van der Waals surface area contributed by atoms with E-state index in [0.29, 0.717) is 12.1 Å². The van der Waals surface area contributed by atoms with Gasteiger partial charge in [0.25, 0.3) is 0 Å². The van der Waals surface area contributed by atoms with Gasteiger partial charge in [0.05, 0.1) is 5.56 Å². The van der Waals surface area contributed by atoms with Crippen molar-refractivity contribution in [2.45, 2.75) is 31.8 Å². The van der Waals surface area contributed by atoms with E-state index in [2.05, 4.69) is 5.32 Å². The number of benzene rings is 1. The first-order chi connectivity index (χ1) is 10.2. The van der Waals surface area contributed by atoms with E-state index in [1.165, 1.54) is 7.11 Å². The fraction of sp³-hybridized carbons (Fsp3) is 0.467. The van der Waals surface area contributed by atoms with Gasteiger partial charge in [-0.05, 0) is 19.1 Å². The highest BCUT2D eigenvalue weighted by Crippen LogP contribution is 2.25. The molecule has 6 heteroatoms. The lowest BCUT2D eigenvalue weighted by Crippen LogP contribution is -2.34. The molecule has 0 saturated carbocycles. The standard InChI is InChI=1S/C15H19NO5/c1-3-16-13(17)11-9-12(15(19-2)21-11)20-14(18)10-7-5-4-6-8-10/h4-8,11-12,15H,3,9H2,1-2H3,(H,16,17)/t11-,12+,15-/m0/s1. The molecule has 1 aromatic rings. The molecule has 0 bridgehead atoms. The van der Waals surface area contributed by atoms with E-state index in [4.69, 9.17) is 14.2 Å². The van der Waals surface area contributed by atoms with Gasteiger partial charge in [0, 0.05) is 20.1 Å². The maximum Gasteiger partial charge on any atom is 0.338 e. The summed E-state index contributed by atoms with van der Waals surface area (Å²) in [5, 5.41) is 2.68. The summed E-state index contributed by atoms with van der Waals surface area (Å²) >= 11 is 0. The Hall–Kier alpha value is -1.92. The molecule has 1 saturated heterocycles. The molecule has 0 spiro atoms. The summed E-state index contributed by atoms with van der Waals surface area (Å²) in [4.78, 5) is 23.8. The van der Waals surface area contributed by atoms with Gasteiger partial charge in [-0.1, -0.05) is 18.2 Å². The number of carbonyl (C=O) groups is 2. The van der Waals surface area contributed by atoms with E-state index in [0.717, 1.165) is 0 Å². The Morgan fingerprint density at radius 1 is 1.33 bits per heavy atom. The molecule has 21 heavy (non-hydrogen) atoms. The number of amides is 1. The SMILES string of the molecule is CCNC(=O)[C@@H]1C[C@@H](OC(=O)c2ccccc2)[C@@H](OC)O1. The van der Waals surface area contributed by atoms with Crippen LogP contribution in [0.2, 0.25) is 0 Å². The Labute approximate surface area is 123 Å². The third-order valence-electron chi connectivity index (χ3n) is 3.19. The summed E-state index contributed by atoms with van der Waals surface area (Å²) < 4.78 is 16.0. The maximum atomic E-state index is 12.0. The summed E-state index contributed by atoms with van der Waals surface area (Å²) in [6, 6.07) is 8.67. The van der Waals surface area contributed by atoms with Crippen molar-refractivity contribution in [3.8, 4) is 0 Å². The van der Waals surface area contributed by atoms with Crippen LogP contribution in [-0.4, -0.2) is 44.0 Å². The van der Waals surface area contributed by atoms with Crippen molar-refractivity contribution in [3.63, 3.8) is 0 Å². The Morgan fingerprint density at radius 3 is 2.67 bits per heavy atom. The molecule has 1 heterocycles. The summed E-state index contributed by atoms with van der Waals surface area (Å²) in [6.45, 7) is 2.35. The fourth-order valence-electron chi connectivity index (χ4n) is 2.17. The van der Waals surface area contributed by atoms with E-state index in [1.807, 2.05) is 13.0 Å². The molecule has 1 aliphatic rings. The second-order valence-corrected chi connectivity index (χ2v) is 4.67. The van der Waals surface area contributed by atoms with E-state index >= 15 is 0 Å². The van der Waals surface area contributed by atoms with E-state index < -0.39 is 24.5 Å². The maximum absolute atomic E-state index is 12.0. The topological polar surface area (TPSA) is 73.9 Å². The van der Waals surface area contributed by atoms with Crippen LogP contribution < -0.4 is 5.32 Å². The second-order valence-electron chi connectivity index (χ2n) is 4.67. The highest BCUT2D eigenvalue weighted by atomic mass is 16.7. The third-order valence-corrected chi connectivity index (χ3v) is 3.19. The van der Waals surface area contributed by atoms with Crippen molar-refractivity contribution < 1.29 is 23.8 Å². The van der Waals surface area contributed by atoms with Crippen molar-refractivity contribution in [3.05, 3.63) is 35.9 Å². The van der Waals surface area contributed by atoms with Crippen LogP contribution in [0.25, 0.3) is 0 Å². The normalized spacial score (nSPS) is 24.6. The quantitative estimate of drug-likeness (QED) is 0.823. The molecular formula is C15H19NO5. The van der Waals surface area contributed by atoms with Gasteiger partial charge in [-0.3, -0.25) is 4.79 Å². The third kappa shape index (κ3) is 3.80. The van der Waals surface area contributed by atoms with E-state index in [1.54, 1.807) is 24.3 Å². The van der Waals surface area contributed by atoms with Crippen LogP contribution >= 0.6 is 0 Å². The first-order valence-corrected chi connectivity index (χ1v) is 6.87. The molecule has 1 amide bonds. The number of nitrogens with one attached hydrogen (secondary N) is 1. The minimum absolute atomic E-state index is 0.224. The first-order valence-electron chi connectivity index (χ1n) is 6.87. The van der Waals surface area contributed by atoms with Gasteiger partial charge in [-0.25, -0.2) is 4.79 Å². The Bertz CT molecular complexity index is 490. The van der Waals surface area contributed by atoms with Gasteiger partial charge in [0.1, 0.15) is 6.10 Å². The predicted molar refractivity (Wildman–Crippen MR) is 74.6 cm³/mol. The number of methoxy groups -OCH3 is 1. The average molecular weight is 293 g/mol. The molecule has 114 valence electrons. The molecule has 6 nitrogen and oxygen atoms in total. The molecule has 0 unspecified atom stereocenters. The molecule has 2 rings (SSSR count). The molecule has 0 radical (unpaired) electrons. The average Bonchev–Trinajstić information content (AvgIpc) is 2.91. The number of esters is 1. The van der Waals surface area contributed by atoms with Crippen LogP contribution in [0.1, 0.15) is 23.7 Å². The molecule has 3 atom stereocenters. The first kappa shape index (κ1) is 15.5. The van der Waals surface area contributed by atoms with E-state index in [9.17, 15) is 9.59 Å². The number of ether oxygens (including phenoxy) is 3. The lowest BCUT2D eigenvalue weighted by molar-refractivity contribution is -0.161.